The molecule has 0 aromatic heterocycles. The standard InChI is InChI=1S/C16H29N5O8S/c1-7(23)12(15(27)19-9(16(28)29)3-4-30-2)21-14(26)10(6-22)20-13(25)8(17)5-11(18)24/h7-10,12,22-23H,3-6,17H2,1-2H3,(H2,18,24)(H,19,27)(H,20,25)(H,21,26)(H,28,29). The van der Waals surface area contributed by atoms with Crippen LogP contribution in [0.15, 0.2) is 0 Å². The molecule has 5 unspecified atom stereocenters. The first kappa shape index (κ1) is 27.6. The van der Waals surface area contributed by atoms with Crippen molar-refractivity contribution in [3.8, 4) is 0 Å². The number of amides is 4. The van der Waals surface area contributed by atoms with Gasteiger partial charge in [-0.3, -0.25) is 19.2 Å². The SMILES string of the molecule is CSCCC(NC(=O)C(NC(=O)C(CO)NC(=O)C(N)CC(N)=O)C(C)O)C(=O)O. The predicted molar refractivity (Wildman–Crippen MR) is 107 cm³/mol. The van der Waals surface area contributed by atoms with Crippen LogP contribution in [0, 0.1) is 0 Å². The van der Waals surface area contributed by atoms with Crippen molar-refractivity contribution in [3.05, 3.63) is 0 Å². The molecule has 0 fully saturated rings. The van der Waals surface area contributed by atoms with Crippen molar-refractivity contribution in [3.63, 3.8) is 0 Å². The number of rotatable bonds is 14. The number of thioether (sulfide) groups is 1. The van der Waals surface area contributed by atoms with E-state index in [0.717, 1.165) is 0 Å². The Bertz CT molecular complexity index is 633. The molecule has 0 saturated carbocycles. The molecule has 13 nitrogen and oxygen atoms in total. The largest absolute Gasteiger partial charge is 0.480 e. The van der Waals surface area contributed by atoms with Crippen LogP contribution >= 0.6 is 11.8 Å². The summed E-state index contributed by atoms with van der Waals surface area (Å²) in [5.74, 6) is -4.61. The normalized spacial score (nSPS) is 15.8. The van der Waals surface area contributed by atoms with Gasteiger partial charge in [0.05, 0.1) is 25.2 Å². The summed E-state index contributed by atoms with van der Waals surface area (Å²) >= 11 is 1.38. The van der Waals surface area contributed by atoms with Crippen LogP contribution in [0.25, 0.3) is 0 Å². The van der Waals surface area contributed by atoms with Gasteiger partial charge in [0.15, 0.2) is 0 Å². The molecule has 0 bridgehead atoms. The van der Waals surface area contributed by atoms with E-state index in [1.165, 1.54) is 18.7 Å². The number of nitrogens with one attached hydrogen (secondary N) is 3. The van der Waals surface area contributed by atoms with E-state index in [4.69, 9.17) is 11.5 Å². The lowest BCUT2D eigenvalue weighted by Crippen LogP contribution is -2.60. The molecule has 0 rings (SSSR count). The second kappa shape index (κ2) is 13.7. The lowest BCUT2D eigenvalue weighted by atomic mass is 10.1. The molecule has 0 aliphatic rings. The molecule has 14 heteroatoms. The monoisotopic (exact) mass is 451 g/mol. The van der Waals surface area contributed by atoms with Gasteiger partial charge in [-0.2, -0.15) is 11.8 Å². The van der Waals surface area contributed by atoms with Crippen LogP contribution in [0.2, 0.25) is 0 Å². The molecule has 5 atom stereocenters. The van der Waals surface area contributed by atoms with Crippen molar-refractivity contribution in [1.82, 2.24) is 16.0 Å². The molecular formula is C16H29N5O8S. The Hall–Kier alpha value is -2.42. The first-order valence-corrected chi connectivity index (χ1v) is 10.3. The number of primary amides is 1. The summed E-state index contributed by atoms with van der Waals surface area (Å²) in [6.07, 6.45) is -0.0265. The van der Waals surface area contributed by atoms with Gasteiger partial charge in [-0.15, -0.1) is 0 Å². The summed E-state index contributed by atoms with van der Waals surface area (Å²) in [7, 11) is 0. The Morgan fingerprint density at radius 3 is 2.00 bits per heavy atom. The fourth-order valence-corrected chi connectivity index (χ4v) is 2.67. The highest BCUT2D eigenvalue weighted by Crippen LogP contribution is 2.03. The van der Waals surface area contributed by atoms with E-state index < -0.39 is 72.9 Å². The topological polar surface area (TPSA) is 234 Å². The van der Waals surface area contributed by atoms with Gasteiger partial charge >= 0.3 is 5.97 Å². The lowest BCUT2D eigenvalue weighted by molar-refractivity contribution is -0.143. The molecule has 0 heterocycles. The number of nitrogens with two attached hydrogens (primary N) is 2. The maximum Gasteiger partial charge on any atom is 0.326 e. The molecule has 172 valence electrons. The molecule has 30 heavy (non-hydrogen) atoms. The maximum absolute atomic E-state index is 12.4. The minimum Gasteiger partial charge on any atom is -0.480 e. The van der Waals surface area contributed by atoms with Gasteiger partial charge in [-0.1, -0.05) is 0 Å². The van der Waals surface area contributed by atoms with E-state index in [1.54, 1.807) is 6.26 Å². The summed E-state index contributed by atoms with van der Waals surface area (Å²) in [4.78, 5) is 58.7. The minimum atomic E-state index is -1.56. The van der Waals surface area contributed by atoms with E-state index in [0.29, 0.717) is 5.75 Å². The fraction of sp³-hybridized carbons (Fsp3) is 0.688. The van der Waals surface area contributed by atoms with Gasteiger partial charge in [0.25, 0.3) is 0 Å². The average molecular weight is 452 g/mol. The first-order chi connectivity index (χ1) is 13.9. The van der Waals surface area contributed by atoms with Crippen molar-refractivity contribution < 1.29 is 39.3 Å². The third kappa shape index (κ3) is 9.87. The number of aliphatic hydroxyl groups excluding tert-OH is 2. The molecule has 0 saturated heterocycles. The van der Waals surface area contributed by atoms with Crippen LogP contribution in [0.3, 0.4) is 0 Å². The third-order valence-electron chi connectivity index (χ3n) is 3.86. The quantitative estimate of drug-likeness (QED) is 0.127. The summed E-state index contributed by atoms with van der Waals surface area (Å²) in [5.41, 5.74) is 10.4. The molecular weight excluding hydrogens is 422 g/mol. The second-order valence-corrected chi connectivity index (χ2v) is 7.41. The minimum absolute atomic E-state index is 0.121. The van der Waals surface area contributed by atoms with Gasteiger partial charge in [-0.25, -0.2) is 4.79 Å². The Morgan fingerprint density at radius 1 is 1.00 bits per heavy atom. The molecule has 0 spiro atoms. The average Bonchev–Trinajstić information content (AvgIpc) is 2.65. The Balaban J connectivity index is 5.14. The predicted octanol–water partition coefficient (Wildman–Crippen LogP) is -4.15. The van der Waals surface area contributed by atoms with Crippen LogP contribution in [0.1, 0.15) is 19.8 Å². The summed E-state index contributed by atoms with van der Waals surface area (Å²) in [6, 6.07) is -5.69. The number of carboxylic acids is 1. The maximum atomic E-state index is 12.4. The molecule has 0 aliphatic heterocycles. The molecule has 0 aromatic rings. The summed E-state index contributed by atoms with van der Waals surface area (Å²) < 4.78 is 0. The molecule has 10 N–H and O–H groups in total. The number of hydrogen-bond donors (Lipinski definition) is 8. The van der Waals surface area contributed by atoms with Gasteiger partial charge in [-0.05, 0) is 25.4 Å². The number of aliphatic hydroxyl groups is 2. The number of carbonyl (C=O) groups is 5. The van der Waals surface area contributed by atoms with Crippen molar-refractivity contribution in [1.29, 1.82) is 0 Å². The molecule has 0 aromatic carbocycles. The van der Waals surface area contributed by atoms with Crippen LogP contribution in [-0.4, -0.2) is 93.8 Å². The highest BCUT2D eigenvalue weighted by Gasteiger charge is 2.32. The number of aliphatic carboxylic acids is 1. The second-order valence-electron chi connectivity index (χ2n) is 6.43. The smallest absolute Gasteiger partial charge is 0.326 e. The fourth-order valence-electron chi connectivity index (χ4n) is 2.20. The zero-order valence-corrected chi connectivity index (χ0v) is 17.5. The van der Waals surface area contributed by atoms with Gasteiger partial charge in [0.2, 0.25) is 23.6 Å². The molecule has 4 amide bonds. The van der Waals surface area contributed by atoms with Crippen LogP contribution < -0.4 is 27.4 Å². The zero-order chi connectivity index (χ0) is 23.4. The zero-order valence-electron chi connectivity index (χ0n) is 16.7. The highest BCUT2D eigenvalue weighted by molar-refractivity contribution is 7.98. The van der Waals surface area contributed by atoms with E-state index in [2.05, 4.69) is 16.0 Å². The summed E-state index contributed by atoms with van der Waals surface area (Å²) in [6.45, 7) is 0.317. The van der Waals surface area contributed by atoms with Crippen molar-refractivity contribution in [2.24, 2.45) is 11.5 Å². The van der Waals surface area contributed by atoms with Crippen LogP contribution in [0.5, 0.6) is 0 Å². The Labute approximate surface area is 177 Å². The molecule has 0 aliphatic carbocycles. The van der Waals surface area contributed by atoms with E-state index >= 15 is 0 Å². The van der Waals surface area contributed by atoms with Gasteiger partial charge in [0, 0.05) is 0 Å². The summed E-state index contributed by atoms with van der Waals surface area (Å²) in [5, 5.41) is 34.9. The number of carboxylic acid groups (broad SMARTS) is 1. The highest BCUT2D eigenvalue weighted by atomic mass is 32.2. The van der Waals surface area contributed by atoms with Crippen molar-refractivity contribution in [2.75, 3.05) is 18.6 Å². The Morgan fingerprint density at radius 2 is 1.57 bits per heavy atom. The number of hydrogen-bond acceptors (Lipinski definition) is 9. The first-order valence-electron chi connectivity index (χ1n) is 8.90. The third-order valence-corrected chi connectivity index (χ3v) is 4.51. The van der Waals surface area contributed by atoms with E-state index in [9.17, 15) is 39.3 Å². The van der Waals surface area contributed by atoms with E-state index in [-0.39, 0.29) is 6.42 Å². The number of carbonyl (C=O) groups excluding carboxylic acids is 4. The molecule has 0 radical (unpaired) electrons. The van der Waals surface area contributed by atoms with Crippen LogP contribution in [0.4, 0.5) is 0 Å². The van der Waals surface area contributed by atoms with E-state index in [1.807, 2.05) is 0 Å². The van der Waals surface area contributed by atoms with Gasteiger partial charge < -0.3 is 42.7 Å². The van der Waals surface area contributed by atoms with Crippen molar-refractivity contribution in [2.45, 2.75) is 50.0 Å². The Kier molecular flexibility index (Phi) is 12.6. The van der Waals surface area contributed by atoms with Gasteiger partial charge in [0.1, 0.15) is 18.1 Å². The van der Waals surface area contributed by atoms with Crippen LogP contribution in [-0.2, 0) is 24.0 Å². The lowest BCUT2D eigenvalue weighted by Gasteiger charge is -2.25. The van der Waals surface area contributed by atoms with Crippen molar-refractivity contribution >= 4 is 41.4 Å².